The largest absolute Gasteiger partial charge is 0.351 e. The summed E-state index contributed by atoms with van der Waals surface area (Å²) in [6, 6.07) is 0.346. The molecule has 2 heterocycles. The van der Waals surface area contributed by atoms with E-state index in [1.54, 1.807) is 0 Å². The maximum absolute atomic E-state index is 4.62. The van der Waals surface area contributed by atoms with Crippen molar-refractivity contribution in [2.24, 2.45) is 0 Å². The monoisotopic (exact) mass is 320 g/mol. The first-order valence-electron chi connectivity index (χ1n) is 8.47. The fourth-order valence-corrected chi connectivity index (χ4v) is 3.51. The maximum atomic E-state index is 4.62. The zero-order valence-corrected chi connectivity index (χ0v) is 15.9. The van der Waals surface area contributed by atoms with E-state index in [0.29, 0.717) is 17.9 Å². The Morgan fingerprint density at radius 3 is 2.09 bits per heavy atom. The highest BCUT2D eigenvalue weighted by Crippen LogP contribution is 2.30. The van der Waals surface area contributed by atoms with Crippen LogP contribution in [0.5, 0.6) is 0 Å². The third-order valence-electron chi connectivity index (χ3n) is 4.08. The lowest BCUT2D eigenvalue weighted by Crippen LogP contribution is -2.60. The van der Waals surface area contributed by atoms with Crippen LogP contribution in [0.4, 0.5) is 11.9 Å². The van der Waals surface area contributed by atoms with Gasteiger partial charge in [-0.15, -0.1) is 0 Å². The molecule has 0 aromatic carbocycles. The molecule has 23 heavy (non-hydrogen) atoms. The second kappa shape index (κ2) is 6.23. The van der Waals surface area contributed by atoms with E-state index in [1.165, 1.54) is 0 Å². The molecule has 1 aliphatic heterocycles. The molecule has 6 heteroatoms. The molecule has 1 saturated heterocycles. The first-order valence-corrected chi connectivity index (χ1v) is 8.47. The molecule has 0 bridgehead atoms. The second-order valence-corrected chi connectivity index (χ2v) is 8.51. The highest BCUT2D eigenvalue weighted by Gasteiger charge is 2.37. The fraction of sp³-hybridized carbons (Fsp3) is 0.824. The number of piperidine rings is 1. The van der Waals surface area contributed by atoms with Crippen LogP contribution in [0.15, 0.2) is 0 Å². The van der Waals surface area contributed by atoms with E-state index in [0.717, 1.165) is 18.7 Å². The van der Waals surface area contributed by atoms with E-state index in [9.17, 15) is 0 Å². The molecule has 0 spiro atoms. The SMILES string of the molecule is CC(C)c1nc(NC2CC(C)(C)NC(C)(C)C2)nc(N(C)C)n1. The van der Waals surface area contributed by atoms with Gasteiger partial charge in [-0.2, -0.15) is 15.0 Å². The molecule has 2 N–H and O–H groups in total. The Balaban J connectivity index is 2.25. The highest BCUT2D eigenvalue weighted by atomic mass is 15.3. The van der Waals surface area contributed by atoms with Crippen LogP contribution in [0, 0.1) is 0 Å². The van der Waals surface area contributed by atoms with Crippen molar-refractivity contribution in [1.29, 1.82) is 0 Å². The van der Waals surface area contributed by atoms with Crippen LogP contribution < -0.4 is 15.5 Å². The standard InChI is InChI=1S/C17H32N6/c1-11(2)13-19-14(21-15(20-13)23(7)8)18-12-9-16(3,4)22-17(5,6)10-12/h11-12,22H,9-10H2,1-8H3,(H,18,19,20,21). The van der Waals surface area contributed by atoms with Gasteiger partial charge in [-0.05, 0) is 40.5 Å². The quantitative estimate of drug-likeness (QED) is 0.889. The third kappa shape index (κ3) is 4.77. The molecule has 1 fully saturated rings. The van der Waals surface area contributed by atoms with Gasteiger partial charge in [-0.25, -0.2) is 0 Å². The van der Waals surface area contributed by atoms with Gasteiger partial charge >= 0.3 is 0 Å². The first-order chi connectivity index (χ1) is 10.5. The van der Waals surface area contributed by atoms with Gasteiger partial charge in [0, 0.05) is 37.1 Å². The molecule has 130 valence electrons. The van der Waals surface area contributed by atoms with Crippen LogP contribution in [0.25, 0.3) is 0 Å². The van der Waals surface area contributed by atoms with E-state index in [1.807, 2.05) is 19.0 Å². The number of rotatable bonds is 4. The fourth-order valence-electron chi connectivity index (χ4n) is 3.51. The molecule has 1 aromatic rings. The van der Waals surface area contributed by atoms with Crippen molar-refractivity contribution >= 4 is 11.9 Å². The van der Waals surface area contributed by atoms with Crippen molar-refractivity contribution in [2.75, 3.05) is 24.3 Å². The van der Waals surface area contributed by atoms with E-state index >= 15 is 0 Å². The molecule has 0 amide bonds. The van der Waals surface area contributed by atoms with Crippen LogP contribution in [0.1, 0.15) is 66.1 Å². The number of nitrogens with one attached hydrogen (secondary N) is 2. The number of aromatic nitrogens is 3. The molecular formula is C17H32N6. The summed E-state index contributed by atoms with van der Waals surface area (Å²) in [5, 5.41) is 7.26. The first kappa shape index (κ1) is 17.9. The van der Waals surface area contributed by atoms with E-state index in [-0.39, 0.29) is 17.0 Å². The van der Waals surface area contributed by atoms with Gasteiger partial charge in [-0.3, -0.25) is 0 Å². The number of nitrogens with zero attached hydrogens (tertiary/aromatic N) is 4. The second-order valence-electron chi connectivity index (χ2n) is 8.51. The van der Waals surface area contributed by atoms with Crippen molar-refractivity contribution in [1.82, 2.24) is 20.3 Å². The molecule has 0 saturated carbocycles. The van der Waals surface area contributed by atoms with Gasteiger partial charge in [-0.1, -0.05) is 13.8 Å². The van der Waals surface area contributed by atoms with Crippen molar-refractivity contribution in [3.05, 3.63) is 5.82 Å². The Hall–Kier alpha value is -1.43. The zero-order chi connectivity index (χ0) is 17.4. The topological polar surface area (TPSA) is 66.0 Å². The summed E-state index contributed by atoms with van der Waals surface area (Å²) in [5.41, 5.74) is 0.190. The van der Waals surface area contributed by atoms with Gasteiger partial charge in [0.2, 0.25) is 11.9 Å². The third-order valence-corrected chi connectivity index (χ3v) is 4.08. The molecule has 1 aliphatic rings. The van der Waals surface area contributed by atoms with Crippen LogP contribution in [-0.4, -0.2) is 46.2 Å². The van der Waals surface area contributed by atoms with Crippen molar-refractivity contribution in [3.63, 3.8) is 0 Å². The van der Waals surface area contributed by atoms with Crippen LogP contribution in [-0.2, 0) is 0 Å². The highest BCUT2D eigenvalue weighted by molar-refractivity contribution is 5.37. The normalized spacial score (nSPS) is 20.6. The minimum Gasteiger partial charge on any atom is -0.351 e. The van der Waals surface area contributed by atoms with Gasteiger partial charge in [0.05, 0.1) is 0 Å². The Bertz CT molecular complexity index is 508. The molecule has 0 unspecified atom stereocenters. The lowest BCUT2D eigenvalue weighted by Gasteiger charge is -2.46. The van der Waals surface area contributed by atoms with E-state index in [4.69, 9.17) is 0 Å². The number of hydrogen-bond acceptors (Lipinski definition) is 6. The molecular weight excluding hydrogens is 288 g/mol. The van der Waals surface area contributed by atoms with Crippen molar-refractivity contribution in [3.8, 4) is 0 Å². The summed E-state index contributed by atoms with van der Waals surface area (Å²) >= 11 is 0. The molecule has 0 atom stereocenters. The predicted molar refractivity (Wildman–Crippen MR) is 96.2 cm³/mol. The Morgan fingerprint density at radius 1 is 1.04 bits per heavy atom. The molecule has 0 radical (unpaired) electrons. The number of hydrogen-bond donors (Lipinski definition) is 2. The number of anilines is 2. The van der Waals surface area contributed by atoms with E-state index in [2.05, 4.69) is 67.1 Å². The Kier molecular flexibility index (Phi) is 4.85. The minimum absolute atomic E-state index is 0.0949. The van der Waals surface area contributed by atoms with E-state index < -0.39 is 0 Å². The average molecular weight is 320 g/mol. The van der Waals surface area contributed by atoms with Gasteiger partial charge < -0.3 is 15.5 Å². The summed E-state index contributed by atoms with van der Waals surface area (Å²) < 4.78 is 0. The van der Waals surface area contributed by atoms with Crippen molar-refractivity contribution < 1.29 is 0 Å². The summed E-state index contributed by atoms with van der Waals surface area (Å²) in [4.78, 5) is 15.7. The van der Waals surface area contributed by atoms with Crippen LogP contribution in [0.2, 0.25) is 0 Å². The van der Waals surface area contributed by atoms with Crippen LogP contribution >= 0.6 is 0 Å². The summed E-state index contributed by atoms with van der Waals surface area (Å²) in [7, 11) is 3.92. The summed E-state index contributed by atoms with van der Waals surface area (Å²) in [5.74, 6) is 2.50. The summed E-state index contributed by atoms with van der Waals surface area (Å²) in [6.45, 7) is 13.2. The maximum Gasteiger partial charge on any atom is 0.229 e. The Morgan fingerprint density at radius 2 is 1.61 bits per heavy atom. The minimum atomic E-state index is 0.0949. The molecule has 2 rings (SSSR count). The molecule has 1 aromatic heterocycles. The van der Waals surface area contributed by atoms with Crippen molar-refractivity contribution in [2.45, 2.75) is 77.4 Å². The zero-order valence-electron chi connectivity index (χ0n) is 15.9. The molecule has 6 nitrogen and oxygen atoms in total. The molecule has 0 aliphatic carbocycles. The summed E-state index contributed by atoms with van der Waals surface area (Å²) in [6.07, 6.45) is 2.08. The lowest BCUT2D eigenvalue weighted by molar-refractivity contribution is 0.170. The van der Waals surface area contributed by atoms with Gasteiger partial charge in [0.1, 0.15) is 5.82 Å². The smallest absolute Gasteiger partial charge is 0.229 e. The van der Waals surface area contributed by atoms with Gasteiger partial charge in [0.25, 0.3) is 0 Å². The van der Waals surface area contributed by atoms with Crippen LogP contribution in [0.3, 0.4) is 0 Å². The average Bonchev–Trinajstić information content (AvgIpc) is 2.34. The Labute approximate surface area is 140 Å². The lowest BCUT2D eigenvalue weighted by atomic mass is 9.80. The van der Waals surface area contributed by atoms with Gasteiger partial charge in [0.15, 0.2) is 0 Å². The predicted octanol–water partition coefficient (Wildman–Crippen LogP) is 2.78.